The molecule has 2 heterocycles. The number of rotatable bonds is 4. The summed E-state index contributed by atoms with van der Waals surface area (Å²) in [6.45, 7) is 0.512. The summed E-state index contributed by atoms with van der Waals surface area (Å²) < 4.78 is 5.73. The lowest BCUT2D eigenvalue weighted by atomic mass is 10.2. The third kappa shape index (κ3) is 2.66. The first-order valence-corrected chi connectivity index (χ1v) is 6.36. The molecule has 5 heteroatoms. The average molecular weight is 266 g/mol. The Morgan fingerprint density at radius 1 is 1.05 bits per heavy atom. The van der Waals surface area contributed by atoms with Crippen LogP contribution in [0.1, 0.15) is 5.69 Å². The highest BCUT2D eigenvalue weighted by Gasteiger charge is 2.05. The number of nitrogen functional groups attached to an aromatic ring is 1. The van der Waals surface area contributed by atoms with Gasteiger partial charge in [0.15, 0.2) is 0 Å². The van der Waals surface area contributed by atoms with E-state index in [0.717, 1.165) is 23.0 Å². The summed E-state index contributed by atoms with van der Waals surface area (Å²) in [7, 11) is 0. The highest BCUT2D eigenvalue weighted by molar-refractivity contribution is 5.86. The minimum Gasteiger partial charge on any atom is -0.477 e. The maximum atomic E-state index is 5.79. The second-order valence-electron chi connectivity index (χ2n) is 4.37. The van der Waals surface area contributed by atoms with E-state index in [1.165, 1.54) is 6.33 Å². The molecule has 0 radical (unpaired) electrons. The normalized spacial score (nSPS) is 10.6. The van der Waals surface area contributed by atoms with Gasteiger partial charge in [-0.3, -0.25) is 4.98 Å². The number of aromatic nitrogens is 3. The topological polar surface area (TPSA) is 73.9 Å². The molecule has 5 nitrogen and oxygen atoms in total. The maximum absolute atomic E-state index is 5.79. The van der Waals surface area contributed by atoms with Crippen molar-refractivity contribution < 1.29 is 4.74 Å². The van der Waals surface area contributed by atoms with Crippen molar-refractivity contribution in [3.63, 3.8) is 0 Å². The van der Waals surface area contributed by atoms with Crippen molar-refractivity contribution in [1.82, 2.24) is 15.0 Å². The van der Waals surface area contributed by atoms with Crippen molar-refractivity contribution in [2.24, 2.45) is 0 Å². The SMILES string of the molecule is Nc1ccc2ncnc(OCCc3ccccn3)c2c1. The van der Waals surface area contributed by atoms with Gasteiger partial charge >= 0.3 is 0 Å². The number of benzene rings is 1. The van der Waals surface area contributed by atoms with Gasteiger partial charge in [0.05, 0.1) is 17.5 Å². The Morgan fingerprint density at radius 2 is 2.00 bits per heavy atom. The quantitative estimate of drug-likeness (QED) is 0.733. The van der Waals surface area contributed by atoms with Crippen LogP contribution in [-0.4, -0.2) is 21.6 Å². The van der Waals surface area contributed by atoms with Gasteiger partial charge in [0, 0.05) is 24.0 Å². The fraction of sp³-hybridized carbons (Fsp3) is 0.133. The molecule has 2 N–H and O–H groups in total. The van der Waals surface area contributed by atoms with Crippen LogP contribution in [0.3, 0.4) is 0 Å². The number of hydrogen-bond donors (Lipinski definition) is 1. The second kappa shape index (κ2) is 5.52. The van der Waals surface area contributed by atoms with E-state index in [-0.39, 0.29) is 0 Å². The summed E-state index contributed by atoms with van der Waals surface area (Å²) in [4.78, 5) is 12.6. The first-order valence-electron chi connectivity index (χ1n) is 6.36. The lowest BCUT2D eigenvalue weighted by Crippen LogP contribution is -2.04. The molecule has 0 amide bonds. The first kappa shape index (κ1) is 12.3. The summed E-state index contributed by atoms with van der Waals surface area (Å²) in [5.41, 5.74) is 8.27. The Bertz CT molecular complexity index is 715. The van der Waals surface area contributed by atoms with Crippen molar-refractivity contribution in [2.45, 2.75) is 6.42 Å². The molecule has 0 fully saturated rings. The number of anilines is 1. The van der Waals surface area contributed by atoms with Crippen molar-refractivity contribution >= 4 is 16.6 Å². The van der Waals surface area contributed by atoms with E-state index in [1.807, 2.05) is 36.4 Å². The number of nitrogens with zero attached hydrogens (tertiary/aromatic N) is 3. The zero-order valence-corrected chi connectivity index (χ0v) is 10.9. The number of pyridine rings is 1. The second-order valence-corrected chi connectivity index (χ2v) is 4.37. The largest absolute Gasteiger partial charge is 0.477 e. The fourth-order valence-electron chi connectivity index (χ4n) is 1.96. The Balaban J connectivity index is 1.76. The van der Waals surface area contributed by atoms with E-state index in [0.29, 0.717) is 18.2 Å². The molecule has 0 atom stereocenters. The zero-order chi connectivity index (χ0) is 13.8. The Kier molecular flexibility index (Phi) is 3.41. The minimum atomic E-state index is 0.512. The molecule has 0 bridgehead atoms. The van der Waals surface area contributed by atoms with Gasteiger partial charge in [-0.15, -0.1) is 0 Å². The van der Waals surface area contributed by atoms with Gasteiger partial charge in [-0.1, -0.05) is 6.07 Å². The number of nitrogens with two attached hydrogens (primary N) is 1. The Hall–Kier alpha value is -2.69. The number of hydrogen-bond acceptors (Lipinski definition) is 5. The van der Waals surface area contributed by atoms with E-state index in [2.05, 4.69) is 15.0 Å². The molecule has 3 rings (SSSR count). The van der Waals surface area contributed by atoms with Crippen LogP contribution in [0.25, 0.3) is 10.9 Å². The molecular weight excluding hydrogens is 252 g/mol. The van der Waals surface area contributed by atoms with Gasteiger partial charge in [-0.2, -0.15) is 0 Å². The van der Waals surface area contributed by atoms with Crippen LogP contribution < -0.4 is 10.5 Å². The third-order valence-electron chi connectivity index (χ3n) is 2.95. The van der Waals surface area contributed by atoms with Crippen molar-refractivity contribution in [3.8, 4) is 5.88 Å². The summed E-state index contributed by atoms with van der Waals surface area (Å²) in [5.74, 6) is 0.554. The van der Waals surface area contributed by atoms with Gasteiger partial charge in [-0.05, 0) is 30.3 Å². The van der Waals surface area contributed by atoms with Crippen molar-refractivity contribution in [3.05, 3.63) is 54.6 Å². The molecular formula is C15H14N4O. The van der Waals surface area contributed by atoms with Crippen LogP contribution in [0.15, 0.2) is 48.9 Å². The van der Waals surface area contributed by atoms with Gasteiger partial charge < -0.3 is 10.5 Å². The van der Waals surface area contributed by atoms with Crippen molar-refractivity contribution in [2.75, 3.05) is 12.3 Å². The lowest BCUT2D eigenvalue weighted by Gasteiger charge is -2.07. The Labute approximate surface area is 116 Å². The zero-order valence-electron chi connectivity index (χ0n) is 10.9. The molecule has 0 saturated heterocycles. The fourth-order valence-corrected chi connectivity index (χ4v) is 1.96. The lowest BCUT2D eigenvalue weighted by molar-refractivity contribution is 0.312. The molecule has 2 aromatic heterocycles. The van der Waals surface area contributed by atoms with Gasteiger partial charge in [-0.25, -0.2) is 9.97 Å². The van der Waals surface area contributed by atoms with E-state index < -0.39 is 0 Å². The smallest absolute Gasteiger partial charge is 0.224 e. The molecule has 100 valence electrons. The molecule has 0 aliphatic heterocycles. The molecule has 0 unspecified atom stereocenters. The number of fused-ring (bicyclic) bond motifs is 1. The van der Waals surface area contributed by atoms with E-state index >= 15 is 0 Å². The monoisotopic (exact) mass is 266 g/mol. The van der Waals surface area contributed by atoms with Crippen LogP contribution in [0.5, 0.6) is 5.88 Å². The molecule has 20 heavy (non-hydrogen) atoms. The van der Waals surface area contributed by atoms with Crippen LogP contribution in [0.4, 0.5) is 5.69 Å². The molecule has 0 saturated carbocycles. The predicted molar refractivity (Wildman–Crippen MR) is 77.4 cm³/mol. The standard InChI is InChI=1S/C15H14N4O/c16-11-4-5-14-13(9-11)15(19-10-18-14)20-8-6-12-3-1-2-7-17-12/h1-5,7,9-10H,6,8,16H2. The van der Waals surface area contributed by atoms with E-state index in [1.54, 1.807) is 6.20 Å². The number of ether oxygens (including phenoxy) is 1. The third-order valence-corrected chi connectivity index (χ3v) is 2.95. The molecule has 3 aromatic rings. The highest BCUT2D eigenvalue weighted by Crippen LogP contribution is 2.23. The first-order chi connectivity index (χ1) is 9.83. The van der Waals surface area contributed by atoms with Gasteiger partial charge in [0.1, 0.15) is 6.33 Å². The van der Waals surface area contributed by atoms with Gasteiger partial charge in [0.2, 0.25) is 5.88 Å². The maximum Gasteiger partial charge on any atom is 0.224 e. The predicted octanol–water partition coefficient (Wildman–Crippen LogP) is 2.23. The highest BCUT2D eigenvalue weighted by atomic mass is 16.5. The minimum absolute atomic E-state index is 0.512. The molecule has 0 spiro atoms. The summed E-state index contributed by atoms with van der Waals surface area (Å²) in [5, 5.41) is 0.827. The molecule has 0 aliphatic rings. The van der Waals surface area contributed by atoms with Gasteiger partial charge in [0.25, 0.3) is 0 Å². The summed E-state index contributed by atoms with van der Waals surface area (Å²) in [6, 6.07) is 11.3. The summed E-state index contributed by atoms with van der Waals surface area (Å²) >= 11 is 0. The average Bonchev–Trinajstić information content (AvgIpc) is 2.49. The van der Waals surface area contributed by atoms with E-state index in [4.69, 9.17) is 10.5 Å². The Morgan fingerprint density at radius 3 is 2.85 bits per heavy atom. The van der Waals surface area contributed by atoms with Crippen LogP contribution >= 0.6 is 0 Å². The molecule has 0 aliphatic carbocycles. The van der Waals surface area contributed by atoms with E-state index in [9.17, 15) is 0 Å². The molecule has 1 aromatic carbocycles. The summed E-state index contributed by atoms with van der Waals surface area (Å²) in [6.07, 6.45) is 4.00. The van der Waals surface area contributed by atoms with Crippen LogP contribution in [-0.2, 0) is 6.42 Å². The van der Waals surface area contributed by atoms with Crippen LogP contribution in [0, 0.1) is 0 Å². The van der Waals surface area contributed by atoms with Crippen molar-refractivity contribution in [1.29, 1.82) is 0 Å². The van der Waals surface area contributed by atoms with Crippen LogP contribution in [0.2, 0.25) is 0 Å².